The minimum Gasteiger partial charge on any atom is -0.497 e. The summed E-state index contributed by atoms with van der Waals surface area (Å²) in [5.41, 5.74) is 8.64. The number of hydrogen-bond acceptors (Lipinski definition) is 3. The van der Waals surface area contributed by atoms with Crippen LogP contribution in [0, 0.1) is 0 Å². The van der Waals surface area contributed by atoms with Gasteiger partial charge in [0.15, 0.2) is 0 Å². The van der Waals surface area contributed by atoms with Crippen LogP contribution in [-0.4, -0.2) is 16.7 Å². The average Bonchev–Trinajstić information content (AvgIpc) is 2.75. The fourth-order valence-corrected chi connectivity index (χ4v) is 2.19. The van der Waals surface area contributed by atoms with Crippen LogP contribution in [-0.2, 0) is 0 Å². The Morgan fingerprint density at radius 1 is 1.16 bits per heavy atom. The summed E-state index contributed by atoms with van der Waals surface area (Å²) in [6, 6.07) is 13.1. The Hall–Kier alpha value is -2.20. The smallest absolute Gasteiger partial charge is 0.205 e. The summed E-state index contributed by atoms with van der Waals surface area (Å²) in [7, 11) is 1.63. The zero-order valence-electron chi connectivity index (χ0n) is 10.3. The molecule has 0 spiro atoms. The lowest BCUT2D eigenvalue weighted by Gasteiger charge is -2.07. The fraction of sp³-hybridized carbons (Fsp3) is 0.0714. The van der Waals surface area contributed by atoms with Gasteiger partial charge in [-0.15, -0.1) is 0 Å². The predicted molar refractivity (Wildman–Crippen MR) is 77.0 cm³/mol. The second kappa shape index (κ2) is 4.48. The predicted octanol–water partition coefficient (Wildman–Crippen LogP) is 3.27. The van der Waals surface area contributed by atoms with E-state index in [9.17, 15) is 0 Å². The van der Waals surface area contributed by atoms with Gasteiger partial charge in [0.25, 0.3) is 0 Å². The average molecular weight is 274 g/mol. The van der Waals surface area contributed by atoms with E-state index in [1.54, 1.807) is 7.11 Å². The largest absolute Gasteiger partial charge is 0.497 e. The molecule has 0 unspecified atom stereocenters. The highest BCUT2D eigenvalue weighted by atomic mass is 35.5. The number of nitrogens with two attached hydrogens (primary N) is 1. The molecule has 0 bridgehead atoms. The molecule has 0 fully saturated rings. The molecule has 19 heavy (non-hydrogen) atoms. The Balaban J connectivity index is 2.26. The molecule has 96 valence electrons. The van der Waals surface area contributed by atoms with E-state index in [0.29, 0.717) is 11.0 Å². The van der Waals surface area contributed by atoms with Gasteiger partial charge in [0.05, 0.1) is 18.1 Å². The zero-order chi connectivity index (χ0) is 13.4. The highest BCUT2D eigenvalue weighted by molar-refractivity contribution is 6.30. The molecule has 2 N–H and O–H groups in total. The molecule has 0 aliphatic rings. The molecule has 1 heterocycles. The summed E-state index contributed by atoms with van der Waals surface area (Å²) in [6.07, 6.45) is 0. The lowest BCUT2D eigenvalue weighted by atomic mass is 10.2. The SMILES string of the molecule is COc1ccc2nc(N)n(-c3ccc(Cl)cc3)c2c1. The van der Waals surface area contributed by atoms with Gasteiger partial charge in [-0.25, -0.2) is 4.98 Å². The van der Waals surface area contributed by atoms with Gasteiger partial charge in [-0.05, 0) is 36.4 Å². The Labute approximate surface area is 115 Å². The van der Waals surface area contributed by atoms with Gasteiger partial charge in [0.1, 0.15) is 5.75 Å². The van der Waals surface area contributed by atoms with Gasteiger partial charge in [-0.1, -0.05) is 11.6 Å². The molecule has 0 saturated heterocycles. The van der Waals surface area contributed by atoms with Gasteiger partial charge in [-0.3, -0.25) is 4.57 Å². The van der Waals surface area contributed by atoms with E-state index in [-0.39, 0.29) is 0 Å². The molecule has 4 nitrogen and oxygen atoms in total. The lowest BCUT2D eigenvalue weighted by molar-refractivity contribution is 0.415. The van der Waals surface area contributed by atoms with Crippen molar-refractivity contribution in [3.63, 3.8) is 0 Å². The number of nitrogens with zero attached hydrogens (tertiary/aromatic N) is 2. The van der Waals surface area contributed by atoms with Crippen LogP contribution in [0.4, 0.5) is 5.95 Å². The molecule has 0 aliphatic carbocycles. The number of nitrogen functional groups attached to an aromatic ring is 1. The van der Waals surface area contributed by atoms with Gasteiger partial charge >= 0.3 is 0 Å². The van der Waals surface area contributed by atoms with Crippen LogP contribution in [0.5, 0.6) is 5.75 Å². The molecule has 0 radical (unpaired) electrons. The van der Waals surface area contributed by atoms with Crippen LogP contribution in [0.2, 0.25) is 5.02 Å². The van der Waals surface area contributed by atoms with Crippen LogP contribution < -0.4 is 10.5 Å². The summed E-state index contributed by atoms with van der Waals surface area (Å²) in [5, 5.41) is 0.685. The van der Waals surface area contributed by atoms with Gasteiger partial charge in [0, 0.05) is 16.8 Å². The van der Waals surface area contributed by atoms with Crippen molar-refractivity contribution < 1.29 is 4.74 Å². The number of aromatic nitrogens is 2. The molecule has 3 aromatic rings. The van der Waals surface area contributed by atoms with Crippen molar-refractivity contribution in [1.82, 2.24) is 9.55 Å². The molecular weight excluding hydrogens is 262 g/mol. The minimum absolute atomic E-state index is 0.436. The molecule has 0 atom stereocenters. The Bertz CT molecular complexity index is 734. The summed E-state index contributed by atoms with van der Waals surface area (Å²) in [5.74, 6) is 1.20. The van der Waals surface area contributed by atoms with Gasteiger partial charge < -0.3 is 10.5 Å². The first-order chi connectivity index (χ1) is 9.19. The molecular formula is C14H12ClN3O. The zero-order valence-corrected chi connectivity index (χ0v) is 11.1. The molecule has 1 aromatic heterocycles. The maximum atomic E-state index is 5.99. The number of anilines is 1. The number of rotatable bonds is 2. The number of fused-ring (bicyclic) bond motifs is 1. The summed E-state index contributed by atoms with van der Waals surface area (Å²) < 4.78 is 7.11. The van der Waals surface area contributed by atoms with E-state index in [1.807, 2.05) is 47.0 Å². The van der Waals surface area contributed by atoms with Crippen LogP contribution in [0.1, 0.15) is 0 Å². The first kappa shape index (κ1) is 11.9. The summed E-state index contributed by atoms with van der Waals surface area (Å²) in [4.78, 5) is 4.34. The monoisotopic (exact) mass is 273 g/mol. The van der Waals surface area contributed by atoms with E-state index in [1.165, 1.54) is 0 Å². The van der Waals surface area contributed by atoms with Gasteiger partial charge in [0.2, 0.25) is 5.95 Å². The van der Waals surface area contributed by atoms with Gasteiger partial charge in [-0.2, -0.15) is 0 Å². The molecule has 0 amide bonds. The van der Waals surface area contributed by atoms with E-state index in [4.69, 9.17) is 22.1 Å². The third-order valence-electron chi connectivity index (χ3n) is 2.97. The van der Waals surface area contributed by atoms with Crippen molar-refractivity contribution in [3.8, 4) is 11.4 Å². The van der Waals surface area contributed by atoms with Crippen LogP contribution in [0.15, 0.2) is 42.5 Å². The molecule has 0 aliphatic heterocycles. The topological polar surface area (TPSA) is 53.1 Å². The highest BCUT2D eigenvalue weighted by Crippen LogP contribution is 2.27. The first-order valence-corrected chi connectivity index (χ1v) is 6.15. The quantitative estimate of drug-likeness (QED) is 0.780. The summed E-state index contributed by atoms with van der Waals surface area (Å²) >= 11 is 5.90. The number of benzene rings is 2. The van der Waals surface area contributed by atoms with Crippen molar-refractivity contribution in [2.24, 2.45) is 0 Å². The molecule has 0 saturated carbocycles. The maximum Gasteiger partial charge on any atom is 0.205 e. The second-order valence-corrected chi connectivity index (χ2v) is 4.57. The standard InChI is InChI=1S/C14H12ClN3O/c1-19-11-6-7-12-13(8-11)18(14(16)17-12)10-4-2-9(15)3-5-10/h2-8H,1H3,(H2,16,17). The van der Waals surface area contributed by atoms with Crippen LogP contribution >= 0.6 is 11.6 Å². The van der Waals surface area contributed by atoms with Crippen molar-refractivity contribution in [1.29, 1.82) is 0 Å². The Kier molecular flexibility index (Phi) is 2.80. The van der Waals surface area contributed by atoms with Crippen molar-refractivity contribution in [2.45, 2.75) is 0 Å². The summed E-state index contributed by atoms with van der Waals surface area (Å²) in [6.45, 7) is 0. The Morgan fingerprint density at radius 3 is 2.58 bits per heavy atom. The molecule has 5 heteroatoms. The third-order valence-corrected chi connectivity index (χ3v) is 3.22. The number of hydrogen-bond donors (Lipinski definition) is 1. The normalized spacial score (nSPS) is 10.8. The first-order valence-electron chi connectivity index (χ1n) is 5.77. The second-order valence-electron chi connectivity index (χ2n) is 4.14. The number of methoxy groups -OCH3 is 1. The van der Waals surface area contributed by atoms with Crippen molar-refractivity contribution in [2.75, 3.05) is 12.8 Å². The fourth-order valence-electron chi connectivity index (χ4n) is 2.06. The number of ether oxygens (including phenoxy) is 1. The highest BCUT2D eigenvalue weighted by Gasteiger charge is 2.10. The van der Waals surface area contributed by atoms with E-state index >= 15 is 0 Å². The maximum absolute atomic E-state index is 5.99. The van der Waals surface area contributed by atoms with Crippen LogP contribution in [0.25, 0.3) is 16.7 Å². The van der Waals surface area contributed by atoms with Crippen molar-refractivity contribution >= 4 is 28.6 Å². The number of halogens is 1. The van der Waals surface area contributed by atoms with E-state index < -0.39 is 0 Å². The van der Waals surface area contributed by atoms with Crippen molar-refractivity contribution in [3.05, 3.63) is 47.5 Å². The minimum atomic E-state index is 0.436. The lowest BCUT2D eigenvalue weighted by Crippen LogP contribution is -2.00. The molecule has 2 aromatic carbocycles. The van der Waals surface area contributed by atoms with Crippen LogP contribution in [0.3, 0.4) is 0 Å². The van der Waals surface area contributed by atoms with E-state index in [2.05, 4.69) is 4.98 Å². The number of imidazole rings is 1. The van der Waals surface area contributed by atoms with E-state index in [0.717, 1.165) is 22.5 Å². The third kappa shape index (κ3) is 2.00. The molecule has 3 rings (SSSR count). The Morgan fingerprint density at radius 2 is 1.89 bits per heavy atom.